The fourth-order valence-corrected chi connectivity index (χ4v) is 6.04. The standard InChI is InChI=1S/C30H34N2O2/c1-21(33)24-9-10-25-15-22(7-8-26(25)16-24)19-32-13-11-30(12-14-32)18-27(20-34-30)31-29-17-28(29)23-5-3-2-4-6-23/h2-10,15-16,27-29,31H,11-14,17-20H2,1H3/t27?,28-,29+/m0/s1. The van der Waals surface area contributed by atoms with E-state index in [0.717, 1.165) is 56.5 Å². The van der Waals surface area contributed by atoms with Crippen molar-refractivity contribution < 1.29 is 9.53 Å². The smallest absolute Gasteiger partial charge is 0.159 e. The third kappa shape index (κ3) is 4.55. The highest BCUT2D eigenvalue weighted by Crippen LogP contribution is 2.43. The summed E-state index contributed by atoms with van der Waals surface area (Å²) in [6.07, 6.45) is 4.64. The number of fused-ring (bicyclic) bond motifs is 1. The van der Waals surface area contributed by atoms with Gasteiger partial charge in [0.1, 0.15) is 0 Å². The molecule has 176 valence electrons. The molecule has 4 nitrogen and oxygen atoms in total. The first kappa shape index (κ1) is 22.0. The van der Waals surface area contributed by atoms with Gasteiger partial charge in [-0.3, -0.25) is 9.69 Å². The number of piperidine rings is 1. The lowest BCUT2D eigenvalue weighted by Gasteiger charge is -2.38. The van der Waals surface area contributed by atoms with E-state index in [-0.39, 0.29) is 11.4 Å². The molecule has 3 fully saturated rings. The number of ether oxygens (including phenoxy) is 1. The second-order valence-corrected chi connectivity index (χ2v) is 10.6. The number of likely N-dealkylation sites (tertiary alicyclic amines) is 1. The van der Waals surface area contributed by atoms with Gasteiger partial charge in [0.2, 0.25) is 0 Å². The summed E-state index contributed by atoms with van der Waals surface area (Å²) in [4.78, 5) is 14.2. The minimum absolute atomic E-state index is 0.0672. The Hall–Kier alpha value is -2.53. The van der Waals surface area contributed by atoms with Gasteiger partial charge in [-0.1, -0.05) is 54.6 Å². The maximum absolute atomic E-state index is 11.7. The van der Waals surface area contributed by atoms with Crippen LogP contribution in [0.2, 0.25) is 0 Å². The van der Waals surface area contributed by atoms with Crippen LogP contribution in [0.1, 0.15) is 60.0 Å². The molecule has 4 heteroatoms. The summed E-state index contributed by atoms with van der Waals surface area (Å²) in [6, 6.07) is 24.7. The number of ketones is 1. The first-order chi connectivity index (χ1) is 16.6. The van der Waals surface area contributed by atoms with Gasteiger partial charge in [0.05, 0.1) is 12.2 Å². The largest absolute Gasteiger partial charge is 0.373 e. The summed E-state index contributed by atoms with van der Waals surface area (Å²) in [5.41, 5.74) is 3.65. The minimum Gasteiger partial charge on any atom is -0.373 e. The number of carbonyl (C=O) groups is 1. The molecule has 0 aromatic heterocycles. The number of carbonyl (C=O) groups excluding carboxylic acids is 1. The topological polar surface area (TPSA) is 41.6 Å². The second-order valence-electron chi connectivity index (χ2n) is 10.6. The molecule has 1 spiro atoms. The minimum atomic E-state index is 0.0672. The van der Waals surface area contributed by atoms with E-state index in [4.69, 9.17) is 4.74 Å². The van der Waals surface area contributed by atoms with E-state index >= 15 is 0 Å². The van der Waals surface area contributed by atoms with E-state index in [1.165, 1.54) is 22.9 Å². The van der Waals surface area contributed by atoms with Crippen molar-refractivity contribution in [3.63, 3.8) is 0 Å². The zero-order valence-corrected chi connectivity index (χ0v) is 20.0. The highest BCUT2D eigenvalue weighted by molar-refractivity contribution is 5.98. The molecule has 1 N–H and O–H groups in total. The highest BCUT2D eigenvalue weighted by Gasteiger charge is 2.46. The Kier molecular flexibility index (Phi) is 5.76. The predicted octanol–water partition coefficient (Wildman–Crippen LogP) is 5.31. The fourth-order valence-electron chi connectivity index (χ4n) is 6.04. The lowest BCUT2D eigenvalue weighted by Crippen LogP contribution is -2.44. The summed E-state index contributed by atoms with van der Waals surface area (Å²) in [5, 5.41) is 6.23. The van der Waals surface area contributed by atoms with Gasteiger partial charge >= 0.3 is 0 Å². The quantitative estimate of drug-likeness (QED) is 0.513. The number of hydrogen-bond donors (Lipinski definition) is 1. The molecular formula is C30H34N2O2. The summed E-state index contributed by atoms with van der Waals surface area (Å²) in [6.45, 7) is 5.63. The van der Waals surface area contributed by atoms with Gasteiger partial charge in [0.15, 0.2) is 5.78 Å². The van der Waals surface area contributed by atoms with Crippen molar-refractivity contribution in [2.45, 2.75) is 62.8 Å². The van der Waals surface area contributed by atoms with E-state index in [2.05, 4.69) is 64.8 Å². The van der Waals surface area contributed by atoms with Crippen LogP contribution < -0.4 is 5.32 Å². The average molecular weight is 455 g/mol. The SMILES string of the molecule is CC(=O)c1ccc2cc(CN3CCC4(CC3)CC(N[C@@H]3C[C@H]3c3ccccc3)CO4)ccc2c1. The van der Waals surface area contributed by atoms with Crippen molar-refractivity contribution in [3.8, 4) is 0 Å². The normalized spacial score (nSPS) is 26.2. The van der Waals surface area contributed by atoms with Crippen molar-refractivity contribution in [3.05, 3.63) is 83.4 Å². The summed E-state index contributed by atoms with van der Waals surface area (Å²) in [5.74, 6) is 0.795. The van der Waals surface area contributed by atoms with Crippen LogP contribution in [-0.2, 0) is 11.3 Å². The molecule has 2 aliphatic heterocycles. The molecule has 3 atom stereocenters. The zero-order chi connectivity index (χ0) is 23.1. The molecule has 0 amide bonds. The molecule has 1 saturated carbocycles. The maximum atomic E-state index is 11.7. The Labute approximate surface area is 202 Å². The lowest BCUT2D eigenvalue weighted by atomic mass is 9.87. The Bertz CT molecular complexity index is 1180. The third-order valence-corrected chi connectivity index (χ3v) is 8.16. The number of Topliss-reactive ketones (excluding diaryl/α,β-unsaturated/α-hetero) is 1. The number of nitrogens with one attached hydrogen (secondary N) is 1. The molecule has 6 rings (SSSR count). The van der Waals surface area contributed by atoms with E-state index in [0.29, 0.717) is 18.0 Å². The van der Waals surface area contributed by atoms with Crippen molar-refractivity contribution in [2.75, 3.05) is 19.7 Å². The summed E-state index contributed by atoms with van der Waals surface area (Å²) >= 11 is 0. The first-order valence-electron chi connectivity index (χ1n) is 12.8. The van der Waals surface area contributed by atoms with Crippen molar-refractivity contribution >= 4 is 16.6 Å². The number of benzene rings is 3. The Morgan fingerprint density at radius 2 is 1.79 bits per heavy atom. The van der Waals surface area contributed by atoms with E-state index < -0.39 is 0 Å². The number of nitrogens with zero attached hydrogens (tertiary/aromatic N) is 1. The predicted molar refractivity (Wildman–Crippen MR) is 136 cm³/mol. The molecule has 2 saturated heterocycles. The average Bonchev–Trinajstić information content (AvgIpc) is 3.52. The van der Waals surface area contributed by atoms with E-state index in [1.807, 2.05) is 12.1 Å². The van der Waals surface area contributed by atoms with Gasteiger partial charge in [-0.2, -0.15) is 0 Å². The first-order valence-corrected chi connectivity index (χ1v) is 12.8. The van der Waals surface area contributed by atoms with Crippen LogP contribution in [0.5, 0.6) is 0 Å². The van der Waals surface area contributed by atoms with Crippen LogP contribution >= 0.6 is 0 Å². The number of hydrogen-bond acceptors (Lipinski definition) is 4. The van der Waals surface area contributed by atoms with Crippen molar-refractivity contribution in [1.29, 1.82) is 0 Å². The third-order valence-electron chi connectivity index (χ3n) is 8.16. The van der Waals surface area contributed by atoms with Crippen LogP contribution in [0.4, 0.5) is 0 Å². The molecule has 3 aliphatic rings. The molecule has 0 bridgehead atoms. The molecule has 0 radical (unpaired) electrons. The molecule has 3 aromatic rings. The van der Waals surface area contributed by atoms with Crippen molar-refractivity contribution in [1.82, 2.24) is 10.2 Å². The van der Waals surface area contributed by atoms with Gasteiger partial charge in [-0.15, -0.1) is 0 Å². The maximum Gasteiger partial charge on any atom is 0.159 e. The van der Waals surface area contributed by atoms with Crippen LogP contribution in [0, 0.1) is 0 Å². The Morgan fingerprint density at radius 3 is 2.59 bits per heavy atom. The summed E-state index contributed by atoms with van der Waals surface area (Å²) < 4.78 is 6.43. The number of rotatable bonds is 6. The van der Waals surface area contributed by atoms with Crippen LogP contribution in [0.25, 0.3) is 10.8 Å². The Balaban J connectivity index is 1.01. The molecule has 34 heavy (non-hydrogen) atoms. The van der Waals surface area contributed by atoms with Gasteiger partial charge in [-0.05, 0) is 66.6 Å². The Morgan fingerprint density at radius 1 is 1.03 bits per heavy atom. The van der Waals surface area contributed by atoms with Crippen LogP contribution in [-0.4, -0.2) is 48.1 Å². The lowest BCUT2D eigenvalue weighted by molar-refractivity contribution is -0.0449. The second kappa shape index (κ2) is 8.92. The van der Waals surface area contributed by atoms with Gasteiger partial charge < -0.3 is 10.1 Å². The van der Waals surface area contributed by atoms with E-state index in [9.17, 15) is 4.79 Å². The van der Waals surface area contributed by atoms with Gasteiger partial charge in [0, 0.05) is 43.2 Å². The van der Waals surface area contributed by atoms with Crippen molar-refractivity contribution in [2.24, 2.45) is 0 Å². The van der Waals surface area contributed by atoms with Crippen LogP contribution in [0.3, 0.4) is 0 Å². The monoisotopic (exact) mass is 454 g/mol. The van der Waals surface area contributed by atoms with Gasteiger partial charge in [-0.25, -0.2) is 0 Å². The molecule has 1 unspecified atom stereocenters. The molecule has 2 heterocycles. The molecule has 3 aromatic carbocycles. The molecular weight excluding hydrogens is 420 g/mol. The highest BCUT2D eigenvalue weighted by atomic mass is 16.5. The summed E-state index contributed by atoms with van der Waals surface area (Å²) in [7, 11) is 0. The molecule has 1 aliphatic carbocycles. The fraction of sp³-hybridized carbons (Fsp3) is 0.433. The zero-order valence-electron chi connectivity index (χ0n) is 20.0. The van der Waals surface area contributed by atoms with Gasteiger partial charge in [0.25, 0.3) is 0 Å². The van der Waals surface area contributed by atoms with E-state index in [1.54, 1.807) is 6.92 Å². The van der Waals surface area contributed by atoms with Crippen LogP contribution in [0.15, 0.2) is 66.7 Å².